The molecule has 1 nitrogen and oxygen atoms in total. The molecule has 0 fully saturated rings. The van der Waals surface area contributed by atoms with Crippen LogP contribution in [0.5, 0.6) is 0 Å². The van der Waals surface area contributed by atoms with E-state index in [1.54, 1.807) is 0 Å². The number of hydrogen-bond acceptors (Lipinski definition) is 1. The van der Waals surface area contributed by atoms with Crippen molar-refractivity contribution >= 4 is 0 Å². The van der Waals surface area contributed by atoms with Gasteiger partial charge in [-0.2, -0.15) is 0 Å². The van der Waals surface area contributed by atoms with Crippen LogP contribution in [0.15, 0.2) is 6.07 Å². The molecule has 1 atom stereocenters. The highest BCUT2D eigenvalue weighted by molar-refractivity contribution is 5.36. The van der Waals surface area contributed by atoms with Gasteiger partial charge in [0.05, 0.1) is 6.10 Å². The van der Waals surface area contributed by atoms with Crippen molar-refractivity contribution in [3.8, 4) is 0 Å². The Morgan fingerprint density at radius 3 is 2.86 bits per heavy atom. The van der Waals surface area contributed by atoms with E-state index in [1.165, 1.54) is 13.0 Å². The van der Waals surface area contributed by atoms with Gasteiger partial charge in [-0.15, -0.1) is 0 Å². The van der Waals surface area contributed by atoms with Gasteiger partial charge in [0.15, 0.2) is 0 Å². The van der Waals surface area contributed by atoms with Crippen molar-refractivity contribution in [2.45, 2.75) is 32.3 Å². The summed E-state index contributed by atoms with van der Waals surface area (Å²) in [6, 6.07) is 1.34. The number of aliphatic hydroxyl groups is 1. The predicted molar refractivity (Wildman–Crippen MR) is 49.1 cm³/mol. The normalized spacial score (nSPS) is 20.7. The molecule has 0 bridgehead atoms. The van der Waals surface area contributed by atoms with E-state index < -0.39 is 17.7 Å². The molecule has 0 amide bonds. The monoisotopic (exact) mass is 198 g/mol. The highest BCUT2D eigenvalue weighted by Crippen LogP contribution is 2.27. The van der Waals surface area contributed by atoms with Gasteiger partial charge in [-0.3, -0.25) is 0 Å². The van der Waals surface area contributed by atoms with E-state index in [0.29, 0.717) is 30.4 Å². The smallest absolute Gasteiger partial charge is 0.132 e. The van der Waals surface area contributed by atoms with Crippen molar-refractivity contribution in [3.63, 3.8) is 0 Å². The molecule has 1 aliphatic rings. The van der Waals surface area contributed by atoms with Crippen LogP contribution in [0.1, 0.15) is 23.1 Å². The lowest BCUT2D eigenvalue weighted by molar-refractivity contribution is 0.157. The molecule has 0 saturated carbocycles. The van der Waals surface area contributed by atoms with E-state index in [4.69, 9.17) is 0 Å². The lowest BCUT2D eigenvalue weighted by atomic mass is 9.88. The van der Waals surface area contributed by atoms with Gasteiger partial charge < -0.3 is 5.11 Å². The van der Waals surface area contributed by atoms with Crippen LogP contribution in [0.2, 0.25) is 0 Å². The van der Waals surface area contributed by atoms with E-state index >= 15 is 0 Å². The fourth-order valence-corrected chi connectivity index (χ4v) is 1.94. The molecule has 1 aliphatic carbocycles. The molecule has 3 heteroatoms. The van der Waals surface area contributed by atoms with Crippen molar-refractivity contribution in [1.29, 1.82) is 0 Å². The second-order valence-electron chi connectivity index (χ2n) is 3.83. The Balaban J connectivity index is 2.54. The summed E-state index contributed by atoms with van der Waals surface area (Å²) in [6.07, 6.45) is 0.978. The maximum atomic E-state index is 13.5. The molecule has 0 saturated heterocycles. The molecule has 1 aromatic carbocycles. The van der Waals surface area contributed by atoms with Crippen LogP contribution >= 0.6 is 0 Å². The predicted octanol–water partition coefficient (Wildman–Crippen LogP) is 2.12. The van der Waals surface area contributed by atoms with Crippen LogP contribution in [0.25, 0.3) is 0 Å². The van der Waals surface area contributed by atoms with E-state index in [0.717, 1.165) is 0 Å². The number of fused-ring (bicyclic) bond motifs is 1. The minimum atomic E-state index is -0.518. The topological polar surface area (TPSA) is 20.2 Å². The van der Waals surface area contributed by atoms with E-state index in [2.05, 4.69) is 0 Å². The van der Waals surface area contributed by atoms with Gasteiger partial charge in [0.2, 0.25) is 0 Å². The van der Waals surface area contributed by atoms with Crippen molar-refractivity contribution in [2.24, 2.45) is 0 Å². The third-order valence-corrected chi connectivity index (χ3v) is 2.82. The van der Waals surface area contributed by atoms with Crippen molar-refractivity contribution in [2.75, 3.05) is 0 Å². The Labute approximate surface area is 81.4 Å². The van der Waals surface area contributed by atoms with Gasteiger partial charge in [-0.05, 0) is 43.4 Å². The summed E-state index contributed by atoms with van der Waals surface area (Å²) in [4.78, 5) is 0. The Bertz CT molecular complexity index is 374. The molecule has 1 aromatic rings. The maximum absolute atomic E-state index is 13.5. The van der Waals surface area contributed by atoms with Gasteiger partial charge in [0.1, 0.15) is 11.6 Å². The SMILES string of the molecule is Cc1c(F)cc2c(c1F)CCC(O)C2. The van der Waals surface area contributed by atoms with Crippen LogP contribution in [-0.2, 0) is 12.8 Å². The molecular formula is C11H12F2O. The molecule has 1 unspecified atom stereocenters. The Kier molecular flexibility index (Phi) is 2.27. The molecule has 0 radical (unpaired) electrons. The van der Waals surface area contributed by atoms with Crippen LogP contribution < -0.4 is 0 Å². The molecule has 0 spiro atoms. The van der Waals surface area contributed by atoms with Gasteiger partial charge in [0, 0.05) is 5.56 Å². The third-order valence-electron chi connectivity index (χ3n) is 2.82. The highest BCUT2D eigenvalue weighted by Gasteiger charge is 2.22. The first-order valence-corrected chi connectivity index (χ1v) is 4.74. The number of aliphatic hydroxyl groups excluding tert-OH is 1. The van der Waals surface area contributed by atoms with Crippen molar-refractivity contribution in [1.82, 2.24) is 0 Å². The van der Waals surface area contributed by atoms with Gasteiger partial charge in [-0.25, -0.2) is 8.78 Å². The summed E-state index contributed by atoms with van der Waals surface area (Å²) in [7, 11) is 0. The van der Waals surface area contributed by atoms with E-state index in [1.807, 2.05) is 0 Å². The fraction of sp³-hybridized carbons (Fsp3) is 0.455. The fourth-order valence-electron chi connectivity index (χ4n) is 1.94. The van der Waals surface area contributed by atoms with Gasteiger partial charge in [0.25, 0.3) is 0 Å². The molecule has 0 aliphatic heterocycles. The summed E-state index contributed by atoms with van der Waals surface area (Å²) in [5.74, 6) is -0.956. The van der Waals surface area contributed by atoms with Crippen molar-refractivity contribution < 1.29 is 13.9 Å². The quantitative estimate of drug-likeness (QED) is 0.677. The molecule has 0 heterocycles. The lowest BCUT2D eigenvalue weighted by Crippen LogP contribution is -2.20. The van der Waals surface area contributed by atoms with E-state index in [9.17, 15) is 13.9 Å². The van der Waals surface area contributed by atoms with Gasteiger partial charge in [-0.1, -0.05) is 0 Å². The molecule has 2 rings (SSSR count). The maximum Gasteiger partial charge on any atom is 0.132 e. The largest absolute Gasteiger partial charge is 0.393 e. The second kappa shape index (κ2) is 3.31. The Morgan fingerprint density at radius 2 is 2.14 bits per heavy atom. The van der Waals surface area contributed by atoms with Gasteiger partial charge >= 0.3 is 0 Å². The first kappa shape index (κ1) is 9.59. The second-order valence-corrected chi connectivity index (χ2v) is 3.83. The van der Waals surface area contributed by atoms with Crippen LogP contribution in [0, 0.1) is 18.6 Å². The molecular weight excluding hydrogens is 186 g/mol. The summed E-state index contributed by atoms with van der Waals surface area (Å²) in [5.41, 5.74) is 1.28. The standard InChI is InChI=1S/C11H12F2O/c1-6-10(12)5-7-4-8(14)2-3-9(7)11(6)13/h5,8,14H,2-4H2,1H3. The first-order chi connectivity index (χ1) is 6.59. The molecule has 76 valence electrons. The zero-order valence-electron chi connectivity index (χ0n) is 7.98. The lowest BCUT2D eigenvalue weighted by Gasteiger charge is -2.21. The van der Waals surface area contributed by atoms with Crippen LogP contribution in [0.3, 0.4) is 0 Å². The zero-order valence-corrected chi connectivity index (χ0v) is 7.98. The summed E-state index contributed by atoms with van der Waals surface area (Å²) in [6.45, 7) is 1.44. The minimum absolute atomic E-state index is 0.0835. The van der Waals surface area contributed by atoms with Crippen molar-refractivity contribution in [3.05, 3.63) is 34.4 Å². The molecule has 0 aromatic heterocycles. The van der Waals surface area contributed by atoms with Crippen LogP contribution in [-0.4, -0.2) is 11.2 Å². The van der Waals surface area contributed by atoms with Crippen LogP contribution in [0.4, 0.5) is 8.78 Å². The number of rotatable bonds is 0. The van der Waals surface area contributed by atoms with E-state index in [-0.39, 0.29) is 5.56 Å². The summed E-state index contributed by atoms with van der Waals surface area (Å²) < 4.78 is 26.7. The summed E-state index contributed by atoms with van der Waals surface area (Å²) in [5, 5.41) is 9.36. The average molecular weight is 198 g/mol. The zero-order chi connectivity index (χ0) is 10.3. The Hall–Kier alpha value is -0.960. The number of benzene rings is 1. The number of halogens is 2. The highest BCUT2D eigenvalue weighted by atomic mass is 19.1. The molecule has 14 heavy (non-hydrogen) atoms. The minimum Gasteiger partial charge on any atom is -0.393 e. The average Bonchev–Trinajstić information content (AvgIpc) is 2.14. The first-order valence-electron chi connectivity index (χ1n) is 4.74. The summed E-state index contributed by atoms with van der Waals surface area (Å²) >= 11 is 0. The Morgan fingerprint density at radius 1 is 1.43 bits per heavy atom. The third kappa shape index (κ3) is 1.42. The molecule has 1 N–H and O–H groups in total. The number of hydrogen-bond donors (Lipinski definition) is 1.